The summed E-state index contributed by atoms with van der Waals surface area (Å²) in [4.78, 5) is 2.11. The number of rotatable bonds is 6. The van der Waals surface area contributed by atoms with Crippen molar-refractivity contribution in [2.75, 3.05) is 33.1 Å². The molecule has 1 aromatic carbocycles. The molecule has 2 rings (SSSR count). The van der Waals surface area contributed by atoms with Gasteiger partial charge in [-0.25, -0.2) is 4.58 Å². The minimum absolute atomic E-state index is 1.08. The lowest BCUT2D eigenvalue weighted by atomic mass is 10.0. The molecule has 0 aliphatic heterocycles. The van der Waals surface area contributed by atoms with E-state index in [-0.39, 0.29) is 0 Å². The van der Waals surface area contributed by atoms with Crippen molar-refractivity contribution in [1.82, 2.24) is 0 Å². The zero-order chi connectivity index (χ0) is 18.9. The molecule has 0 saturated heterocycles. The molecule has 0 fully saturated rings. The Morgan fingerprint density at radius 3 is 2.19 bits per heavy atom. The average Bonchev–Trinajstić information content (AvgIpc) is 2.62. The van der Waals surface area contributed by atoms with Crippen molar-refractivity contribution >= 4 is 17.5 Å². The molecule has 0 bridgehead atoms. The fourth-order valence-electron chi connectivity index (χ4n) is 2.74. The first kappa shape index (κ1) is 19.7. The summed E-state index contributed by atoms with van der Waals surface area (Å²) in [5, 5.41) is 0. The van der Waals surface area contributed by atoms with Crippen molar-refractivity contribution in [2.45, 2.75) is 19.8 Å². The molecule has 136 valence electrons. The van der Waals surface area contributed by atoms with Gasteiger partial charge in [-0.05, 0) is 47.4 Å². The Balaban J connectivity index is 2.12. The first-order chi connectivity index (χ1) is 12.5. The molecule has 0 saturated carbocycles. The van der Waals surface area contributed by atoms with Gasteiger partial charge in [0.2, 0.25) is 0 Å². The normalized spacial score (nSPS) is 14.3. The minimum Gasteiger partial charge on any atom is -0.378 e. The number of anilines is 1. The Kier molecular flexibility index (Phi) is 7.40. The molecule has 0 radical (unpaired) electrons. The monoisotopic (exact) mass is 347 g/mol. The van der Waals surface area contributed by atoms with Gasteiger partial charge in [0, 0.05) is 31.9 Å². The molecule has 1 aliphatic rings. The zero-order valence-electron chi connectivity index (χ0n) is 16.7. The standard InChI is InChI=1S/C24H31N2/c1-6-8-21(19-22-13-17-24(18-14-22)26(4)5)10-7-9-20-11-15-23(16-12-20)25(2)3/h7,9-19H,6,8H2,1-5H3/q+1. The Labute approximate surface area is 158 Å². The molecule has 0 spiro atoms. The quantitative estimate of drug-likeness (QED) is 0.503. The third kappa shape index (κ3) is 6.03. The molecule has 2 nitrogen and oxygen atoms in total. The summed E-state index contributed by atoms with van der Waals surface area (Å²) in [5.74, 6) is 0. The zero-order valence-corrected chi connectivity index (χ0v) is 16.7. The van der Waals surface area contributed by atoms with Crippen LogP contribution in [0.25, 0.3) is 6.08 Å². The van der Waals surface area contributed by atoms with E-state index in [0.717, 1.165) is 12.8 Å². The van der Waals surface area contributed by atoms with Crippen LogP contribution in [-0.2, 0) is 0 Å². The number of benzene rings is 1. The Morgan fingerprint density at radius 2 is 1.65 bits per heavy atom. The topological polar surface area (TPSA) is 6.25 Å². The van der Waals surface area contributed by atoms with E-state index in [1.54, 1.807) is 0 Å². The van der Waals surface area contributed by atoms with Crippen molar-refractivity contribution in [3.05, 3.63) is 83.5 Å². The molecule has 0 amide bonds. The predicted molar refractivity (Wildman–Crippen MR) is 116 cm³/mol. The van der Waals surface area contributed by atoms with Crippen LogP contribution in [0.1, 0.15) is 25.3 Å². The fraction of sp³-hybridized carbons (Fsp3) is 0.292. The van der Waals surface area contributed by atoms with Crippen LogP contribution in [0.3, 0.4) is 0 Å². The Hall–Kier alpha value is -2.61. The molecule has 0 heterocycles. The summed E-state index contributed by atoms with van der Waals surface area (Å²) >= 11 is 0. The molecular formula is C24H31N2+. The molecule has 0 unspecified atom stereocenters. The van der Waals surface area contributed by atoms with Gasteiger partial charge in [-0.15, -0.1) is 0 Å². The summed E-state index contributed by atoms with van der Waals surface area (Å²) in [6.45, 7) is 2.22. The largest absolute Gasteiger partial charge is 0.378 e. The van der Waals surface area contributed by atoms with Crippen molar-refractivity contribution < 1.29 is 4.58 Å². The van der Waals surface area contributed by atoms with Crippen LogP contribution in [-0.4, -0.2) is 38.5 Å². The summed E-state index contributed by atoms with van der Waals surface area (Å²) in [6, 6.07) is 8.61. The molecule has 0 N–H and O–H groups in total. The highest BCUT2D eigenvalue weighted by atomic mass is 15.1. The summed E-state index contributed by atoms with van der Waals surface area (Å²) in [7, 11) is 8.26. The number of nitrogens with zero attached hydrogens (tertiary/aromatic N) is 2. The second kappa shape index (κ2) is 9.76. The maximum atomic E-state index is 2.28. The molecule has 0 aromatic heterocycles. The maximum Gasteiger partial charge on any atom is 0.199 e. The van der Waals surface area contributed by atoms with E-state index in [0.29, 0.717) is 0 Å². The van der Waals surface area contributed by atoms with Crippen molar-refractivity contribution in [2.24, 2.45) is 0 Å². The number of hydrogen-bond acceptors (Lipinski definition) is 1. The predicted octanol–water partition coefficient (Wildman–Crippen LogP) is 5.26. The third-order valence-electron chi connectivity index (χ3n) is 4.31. The molecule has 1 aromatic rings. The van der Waals surface area contributed by atoms with E-state index in [1.807, 2.05) is 0 Å². The molecule has 1 aliphatic carbocycles. The van der Waals surface area contributed by atoms with Gasteiger partial charge in [0.1, 0.15) is 14.1 Å². The highest BCUT2D eigenvalue weighted by Crippen LogP contribution is 2.16. The van der Waals surface area contributed by atoms with Gasteiger partial charge in [0.05, 0.1) is 0 Å². The van der Waals surface area contributed by atoms with Gasteiger partial charge in [-0.3, -0.25) is 0 Å². The second-order valence-corrected chi connectivity index (χ2v) is 6.97. The van der Waals surface area contributed by atoms with E-state index in [2.05, 4.69) is 117 Å². The fourth-order valence-corrected chi connectivity index (χ4v) is 2.74. The minimum atomic E-state index is 1.08. The Morgan fingerprint density at radius 1 is 1.00 bits per heavy atom. The Bertz CT molecular complexity index is 760. The van der Waals surface area contributed by atoms with Gasteiger partial charge < -0.3 is 4.90 Å². The molecular weight excluding hydrogens is 316 g/mol. The van der Waals surface area contributed by atoms with Crippen molar-refractivity contribution in [3.8, 4) is 0 Å². The van der Waals surface area contributed by atoms with Gasteiger partial charge in [0.25, 0.3) is 0 Å². The van der Waals surface area contributed by atoms with Crippen LogP contribution in [0, 0.1) is 0 Å². The van der Waals surface area contributed by atoms with E-state index >= 15 is 0 Å². The first-order valence-electron chi connectivity index (χ1n) is 9.26. The van der Waals surface area contributed by atoms with Crippen LogP contribution in [0.2, 0.25) is 0 Å². The van der Waals surface area contributed by atoms with Crippen LogP contribution in [0.4, 0.5) is 5.69 Å². The van der Waals surface area contributed by atoms with Crippen LogP contribution >= 0.6 is 0 Å². The summed E-state index contributed by atoms with van der Waals surface area (Å²) in [5.41, 5.74) is 6.27. The van der Waals surface area contributed by atoms with Gasteiger partial charge in [-0.1, -0.05) is 49.8 Å². The summed E-state index contributed by atoms with van der Waals surface area (Å²) < 4.78 is 2.12. The number of allylic oxidation sites excluding steroid dienone is 9. The molecule has 0 atom stereocenters. The maximum absolute atomic E-state index is 2.28. The molecule has 2 heteroatoms. The van der Waals surface area contributed by atoms with Crippen molar-refractivity contribution in [3.63, 3.8) is 0 Å². The van der Waals surface area contributed by atoms with E-state index in [1.165, 1.54) is 28.1 Å². The SMILES string of the molecule is CCC/C(C=C1C=CC(=[N+](C)C)C=C1)=C\C=C\c1ccc(N(C)C)cc1. The van der Waals surface area contributed by atoms with E-state index in [4.69, 9.17) is 0 Å². The highest BCUT2D eigenvalue weighted by molar-refractivity contribution is 6.02. The smallest absolute Gasteiger partial charge is 0.199 e. The molecule has 26 heavy (non-hydrogen) atoms. The van der Waals surface area contributed by atoms with Crippen molar-refractivity contribution in [1.29, 1.82) is 0 Å². The lowest BCUT2D eigenvalue weighted by Gasteiger charge is -2.11. The first-order valence-corrected chi connectivity index (χ1v) is 9.26. The lowest BCUT2D eigenvalue weighted by Crippen LogP contribution is -2.09. The third-order valence-corrected chi connectivity index (χ3v) is 4.31. The van der Waals surface area contributed by atoms with Crippen LogP contribution in [0.5, 0.6) is 0 Å². The van der Waals surface area contributed by atoms with Crippen LogP contribution < -0.4 is 4.90 Å². The second-order valence-electron chi connectivity index (χ2n) is 6.97. The van der Waals surface area contributed by atoms with Gasteiger partial charge >= 0.3 is 0 Å². The lowest BCUT2D eigenvalue weighted by molar-refractivity contribution is -0.462. The highest BCUT2D eigenvalue weighted by Gasteiger charge is 2.04. The summed E-state index contributed by atoms with van der Waals surface area (Å²) in [6.07, 6.45) is 19.7. The van der Waals surface area contributed by atoms with E-state index < -0.39 is 0 Å². The van der Waals surface area contributed by atoms with E-state index in [9.17, 15) is 0 Å². The number of hydrogen-bond donors (Lipinski definition) is 0. The van der Waals surface area contributed by atoms with Crippen LogP contribution in [0.15, 0.2) is 77.9 Å². The average molecular weight is 348 g/mol. The van der Waals surface area contributed by atoms with Gasteiger partial charge in [0.15, 0.2) is 5.71 Å². The van der Waals surface area contributed by atoms with Gasteiger partial charge in [-0.2, -0.15) is 0 Å².